The van der Waals surface area contributed by atoms with E-state index in [4.69, 9.17) is 18.3 Å². The summed E-state index contributed by atoms with van der Waals surface area (Å²) in [5, 5.41) is 19.7. The fourth-order valence-corrected chi connectivity index (χ4v) is 3.87. The van der Waals surface area contributed by atoms with Gasteiger partial charge in [-0.25, -0.2) is 4.79 Å². The second kappa shape index (κ2) is 7.66. The molecule has 7 heteroatoms. The molecular formula is C18H25BN2O4. The molecule has 1 aromatic rings. The normalized spacial score (nSPS) is 24.7. The summed E-state index contributed by atoms with van der Waals surface area (Å²) in [7, 11) is 5.50. The molecule has 0 spiro atoms. The lowest BCUT2D eigenvalue weighted by atomic mass is 9.88. The third-order valence-corrected chi connectivity index (χ3v) is 5.27. The molecule has 1 aliphatic carbocycles. The number of nitrogens with zero attached hydrogens (tertiary/aromatic N) is 1. The van der Waals surface area contributed by atoms with Gasteiger partial charge in [-0.3, -0.25) is 4.90 Å². The predicted molar refractivity (Wildman–Crippen MR) is 95.6 cm³/mol. The third kappa shape index (κ3) is 3.77. The standard InChI is InChI=1S/C18H25BN2O4/c19-8-7-11-5-6-15(16(17(11)22)18(23)24)25-12-9-21(10-12)14-4-2-1-3-13(14)20/h5-6,12-14,22H,1-4,7-10,20H2,(H,23,24)/t13-,14+/m1/s1. The maximum atomic E-state index is 11.5. The minimum atomic E-state index is -1.20. The molecule has 2 atom stereocenters. The summed E-state index contributed by atoms with van der Waals surface area (Å²) in [4.78, 5) is 13.9. The quantitative estimate of drug-likeness (QED) is 0.678. The lowest BCUT2D eigenvalue weighted by Gasteiger charge is -2.47. The van der Waals surface area contributed by atoms with Crippen LogP contribution in [0, 0.1) is 0 Å². The van der Waals surface area contributed by atoms with Gasteiger partial charge in [-0.05, 0) is 30.9 Å². The van der Waals surface area contributed by atoms with E-state index in [1.807, 2.05) is 0 Å². The Labute approximate surface area is 149 Å². The van der Waals surface area contributed by atoms with Gasteiger partial charge in [0, 0.05) is 25.2 Å². The maximum Gasteiger partial charge on any atom is 0.343 e. The summed E-state index contributed by atoms with van der Waals surface area (Å²) in [6.07, 6.45) is 5.26. The second-order valence-electron chi connectivity index (χ2n) is 7.00. The molecule has 134 valence electrons. The van der Waals surface area contributed by atoms with Crippen molar-refractivity contribution in [3.05, 3.63) is 23.3 Å². The van der Waals surface area contributed by atoms with Crippen LogP contribution in [-0.2, 0) is 6.42 Å². The van der Waals surface area contributed by atoms with Crippen molar-refractivity contribution in [2.45, 2.75) is 56.6 Å². The molecule has 1 aliphatic heterocycles. The number of rotatable bonds is 6. The van der Waals surface area contributed by atoms with Gasteiger partial charge >= 0.3 is 5.97 Å². The molecule has 1 aromatic carbocycles. The molecule has 2 radical (unpaired) electrons. The van der Waals surface area contributed by atoms with Crippen LogP contribution in [0.5, 0.6) is 11.5 Å². The molecule has 1 heterocycles. The first-order valence-electron chi connectivity index (χ1n) is 8.95. The van der Waals surface area contributed by atoms with Crippen LogP contribution in [0.3, 0.4) is 0 Å². The van der Waals surface area contributed by atoms with Crippen LogP contribution in [0.4, 0.5) is 0 Å². The molecule has 3 rings (SSSR count). The largest absolute Gasteiger partial charge is 0.507 e. The monoisotopic (exact) mass is 344 g/mol. The Balaban J connectivity index is 1.66. The molecule has 0 amide bonds. The highest BCUT2D eigenvalue weighted by Crippen LogP contribution is 2.34. The highest BCUT2D eigenvalue weighted by Gasteiger charge is 2.38. The van der Waals surface area contributed by atoms with E-state index in [1.165, 1.54) is 12.8 Å². The van der Waals surface area contributed by atoms with Crippen LogP contribution in [0.2, 0.25) is 6.32 Å². The first-order valence-corrected chi connectivity index (χ1v) is 8.95. The summed E-state index contributed by atoms with van der Waals surface area (Å²) >= 11 is 0. The summed E-state index contributed by atoms with van der Waals surface area (Å²) < 4.78 is 5.86. The molecule has 2 aliphatic rings. The number of carboxylic acids is 1. The summed E-state index contributed by atoms with van der Waals surface area (Å²) in [5.74, 6) is -1.24. The van der Waals surface area contributed by atoms with Gasteiger partial charge in [0.1, 0.15) is 23.2 Å². The van der Waals surface area contributed by atoms with E-state index in [2.05, 4.69) is 4.90 Å². The molecule has 0 unspecified atom stereocenters. The zero-order valence-electron chi connectivity index (χ0n) is 14.4. The number of hydrogen-bond acceptors (Lipinski definition) is 5. The molecule has 0 bridgehead atoms. The first kappa shape index (κ1) is 18.1. The minimum Gasteiger partial charge on any atom is -0.507 e. The van der Waals surface area contributed by atoms with Crippen molar-refractivity contribution in [3.8, 4) is 11.5 Å². The van der Waals surface area contributed by atoms with Crippen LogP contribution < -0.4 is 10.5 Å². The maximum absolute atomic E-state index is 11.5. The molecule has 1 saturated carbocycles. The van der Waals surface area contributed by atoms with Crippen molar-refractivity contribution in [2.75, 3.05) is 13.1 Å². The number of aryl methyl sites for hydroxylation is 1. The van der Waals surface area contributed by atoms with Crippen LogP contribution >= 0.6 is 0 Å². The van der Waals surface area contributed by atoms with Gasteiger partial charge in [0.25, 0.3) is 0 Å². The Morgan fingerprint density at radius 1 is 1.32 bits per heavy atom. The average Bonchev–Trinajstić information content (AvgIpc) is 2.53. The van der Waals surface area contributed by atoms with Crippen LogP contribution in [0.25, 0.3) is 0 Å². The van der Waals surface area contributed by atoms with Gasteiger partial charge in [0.15, 0.2) is 0 Å². The Bertz CT molecular complexity index is 634. The van der Waals surface area contributed by atoms with Crippen molar-refractivity contribution >= 4 is 13.8 Å². The number of aromatic hydroxyl groups is 1. The Kier molecular flexibility index (Phi) is 5.54. The van der Waals surface area contributed by atoms with Gasteiger partial charge in [0.2, 0.25) is 0 Å². The predicted octanol–water partition coefficient (Wildman–Crippen LogP) is 1.55. The molecular weight excluding hydrogens is 319 g/mol. The van der Waals surface area contributed by atoms with E-state index in [9.17, 15) is 15.0 Å². The number of likely N-dealkylation sites (tertiary alicyclic amines) is 1. The number of carbonyl (C=O) groups is 1. The fraction of sp³-hybridized carbons (Fsp3) is 0.611. The van der Waals surface area contributed by atoms with Gasteiger partial charge < -0.3 is 20.7 Å². The van der Waals surface area contributed by atoms with Crippen LogP contribution in [0.15, 0.2) is 12.1 Å². The zero-order chi connectivity index (χ0) is 18.0. The average molecular weight is 344 g/mol. The topological polar surface area (TPSA) is 96.0 Å². The lowest BCUT2D eigenvalue weighted by Crippen LogP contribution is -2.62. The van der Waals surface area contributed by atoms with E-state index in [-0.39, 0.29) is 29.2 Å². The highest BCUT2D eigenvalue weighted by molar-refractivity contribution is 6.08. The molecule has 1 saturated heterocycles. The van der Waals surface area contributed by atoms with Gasteiger partial charge in [-0.2, -0.15) is 0 Å². The highest BCUT2D eigenvalue weighted by atomic mass is 16.5. The molecule has 25 heavy (non-hydrogen) atoms. The smallest absolute Gasteiger partial charge is 0.343 e. The summed E-state index contributed by atoms with van der Waals surface area (Å²) in [6.45, 7) is 1.48. The van der Waals surface area contributed by atoms with Crippen molar-refractivity contribution in [1.29, 1.82) is 0 Å². The first-order chi connectivity index (χ1) is 12.0. The molecule has 0 aromatic heterocycles. The van der Waals surface area contributed by atoms with E-state index in [0.29, 0.717) is 24.3 Å². The van der Waals surface area contributed by atoms with Crippen molar-refractivity contribution in [2.24, 2.45) is 5.73 Å². The number of phenols is 1. The Hall–Kier alpha value is -1.73. The van der Waals surface area contributed by atoms with E-state index in [0.717, 1.165) is 25.9 Å². The lowest BCUT2D eigenvalue weighted by molar-refractivity contribution is -0.0248. The minimum absolute atomic E-state index is 0.0769. The van der Waals surface area contributed by atoms with Crippen LogP contribution in [0.1, 0.15) is 41.6 Å². The molecule has 6 nitrogen and oxygen atoms in total. The van der Waals surface area contributed by atoms with Crippen molar-refractivity contribution < 1.29 is 19.7 Å². The van der Waals surface area contributed by atoms with E-state index >= 15 is 0 Å². The van der Waals surface area contributed by atoms with E-state index in [1.54, 1.807) is 12.1 Å². The van der Waals surface area contributed by atoms with E-state index < -0.39 is 5.97 Å². The Morgan fingerprint density at radius 3 is 2.68 bits per heavy atom. The molecule has 2 fully saturated rings. The summed E-state index contributed by atoms with van der Waals surface area (Å²) in [6, 6.07) is 3.90. The number of hydrogen-bond donors (Lipinski definition) is 3. The SMILES string of the molecule is [B]CCc1ccc(OC2CN([C@H]3CCCC[C@H]3N)C2)c(C(=O)O)c1O. The second-order valence-corrected chi connectivity index (χ2v) is 7.00. The van der Waals surface area contributed by atoms with Crippen molar-refractivity contribution in [1.82, 2.24) is 4.90 Å². The zero-order valence-corrected chi connectivity index (χ0v) is 14.4. The van der Waals surface area contributed by atoms with Crippen molar-refractivity contribution in [3.63, 3.8) is 0 Å². The molecule has 4 N–H and O–H groups in total. The number of carboxylic acid groups (broad SMARTS) is 1. The number of nitrogens with two attached hydrogens (primary N) is 1. The number of ether oxygens (including phenoxy) is 1. The summed E-state index contributed by atoms with van der Waals surface area (Å²) in [5.41, 5.74) is 6.55. The van der Waals surface area contributed by atoms with Gasteiger partial charge in [-0.15, -0.1) is 0 Å². The van der Waals surface area contributed by atoms with Crippen LogP contribution in [-0.4, -0.2) is 60.2 Å². The van der Waals surface area contributed by atoms with Gasteiger partial charge in [-0.1, -0.05) is 25.2 Å². The fourth-order valence-electron chi connectivity index (χ4n) is 3.87. The number of aromatic carboxylic acids is 1. The van der Waals surface area contributed by atoms with Gasteiger partial charge in [0.05, 0.1) is 7.85 Å². The number of benzene rings is 1. The Morgan fingerprint density at radius 2 is 2.04 bits per heavy atom. The third-order valence-electron chi connectivity index (χ3n) is 5.27.